The van der Waals surface area contributed by atoms with Crippen LogP contribution in [0.1, 0.15) is 46.5 Å². The van der Waals surface area contributed by atoms with Crippen molar-refractivity contribution in [1.29, 1.82) is 0 Å². The largest absolute Gasteiger partial charge is 0.417 e. The van der Waals surface area contributed by atoms with E-state index in [1.165, 1.54) is 29.3 Å². The number of nitrogens with one attached hydrogen (secondary N) is 1. The number of nitrogens with zero attached hydrogens (tertiary/aromatic N) is 3. The number of halogens is 4. The maximum Gasteiger partial charge on any atom is 0.417 e. The first kappa shape index (κ1) is 26.4. The molecule has 0 atom stereocenters. The number of alkyl halides is 3. The molecule has 2 aromatic rings. The van der Waals surface area contributed by atoms with Gasteiger partial charge in [-0.2, -0.15) is 13.2 Å². The fraction of sp³-hybridized carbons (Fsp3) is 0.435. The maximum atomic E-state index is 13.2. The first-order valence-corrected chi connectivity index (χ1v) is 10.6. The lowest BCUT2D eigenvalue weighted by molar-refractivity contribution is -0.138. The number of piperazine rings is 1. The van der Waals surface area contributed by atoms with Crippen LogP contribution >= 0.6 is 12.4 Å². The van der Waals surface area contributed by atoms with E-state index >= 15 is 0 Å². The molecule has 0 saturated carbocycles. The third-order valence-corrected chi connectivity index (χ3v) is 5.37. The molecular formula is C23H28ClF3N4O2. The van der Waals surface area contributed by atoms with E-state index in [1.54, 1.807) is 12.1 Å². The highest BCUT2D eigenvalue weighted by Gasteiger charge is 2.36. The number of carbonyl (C=O) groups is 2. The zero-order valence-electron chi connectivity index (χ0n) is 18.6. The monoisotopic (exact) mass is 484 g/mol. The Morgan fingerprint density at radius 2 is 1.73 bits per heavy atom. The summed E-state index contributed by atoms with van der Waals surface area (Å²) in [6.45, 7) is 6.22. The van der Waals surface area contributed by atoms with Gasteiger partial charge in [-0.05, 0) is 36.6 Å². The van der Waals surface area contributed by atoms with Crippen molar-refractivity contribution in [2.75, 3.05) is 37.6 Å². The third-order valence-electron chi connectivity index (χ3n) is 5.37. The second-order valence-corrected chi connectivity index (χ2v) is 8.17. The van der Waals surface area contributed by atoms with E-state index in [0.29, 0.717) is 36.9 Å². The number of hydrogen-bond acceptors (Lipinski definition) is 4. The Balaban J connectivity index is 0.00000385. The van der Waals surface area contributed by atoms with Crippen LogP contribution in [0.15, 0.2) is 42.6 Å². The minimum absolute atomic E-state index is 0. The van der Waals surface area contributed by atoms with Crippen molar-refractivity contribution in [3.8, 4) is 0 Å². The summed E-state index contributed by atoms with van der Waals surface area (Å²) in [5.74, 6) is 0.359. The van der Waals surface area contributed by atoms with Crippen molar-refractivity contribution < 1.29 is 22.8 Å². The van der Waals surface area contributed by atoms with E-state index in [-0.39, 0.29) is 37.0 Å². The molecule has 6 nitrogen and oxygen atoms in total. The quantitative estimate of drug-likeness (QED) is 0.665. The van der Waals surface area contributed by atoms with Crippen LogP contribution in [0.3, 0.4) is 0 Å². The van der Waals surface area contributed by atoms with Crippen molar-refractivity contribution in [2.45, 2.75) is 26.4 Å². The fourth-order valence-electron chi connectivity index (χ4n) is 3.51. The van der Waals surface area contributed by atoms with Crippen molar-refractivity contribution in [3.05, 3.63) is 59.3 Å². The van der Waals surface area contributed by atoms with E-state index in [0.717, 1.165) is 12.5 Å². The third kappa shape index (κ3) is 6.83. The molecule has 1 aliphatic rings. The summed E-state index contributed by atoms with van der Waals surface area (Å²) in [4.78, 5) is 32.6. The Morgan fingerprint density at radius 1 is 1.06 bits per heavy atom. The second kappa shape index (κ2) is 11.4. The molecule has 1 aromatic heterocycles. The number of carbonyl (C=O) groups excluding carboxylic acids is 2. The van der Waals surface area contributed by atoms with Gasteiger partial charge in [0.1, 0.15) is 5.82 Å². The summed E-state index contributed by atoms with van der Waals surface area (Å²) in [6, 6.07) is 8.29. The van der Waals surface area contributed by atoms with Gasteiger partial charge in [0.15, 0.2) is 0 Å². The summed E-state index contributed by atoms with van der Waals surface area (Å²) >= 11 is 0. The predicted molar refractivity (Wildman–Crippen MR) is 123 cm³/mol. The fourth-order valence-corrected chi connectivity index (χ4v) is 3.51. The molecule has 1 aromatic carbocycles. The maximum absolute atomic E-state index is 13.2. The minimum Gasteiger partial charge on any atom is -0.353 e. The van der Waals surface area contributed by atoms with Gasteiger partial charge in [-0.3, -0.25) is 9.59 Å². The molecule has 1 saturated heterocycles. The van der Waals surface area contributed by atoms with Gasteiger partial charge >= 0.3 is 6.18 Å². The number of rotatable bonds is 6. The first-order valence-electron chi connectivity index (χ1n) is 10.6. The average Bonchev–Trinajstić information content (AvgIpc) is 2.78. The van der Waals surface area contributed by atoms with Gasteiger partial charge in [0.2, 0.25) is 0 Å². The zero-order valence-corrected chi connectivity index (χ0v) is 19.4. The van der Waals surface area contributed by atoms with Gasteiger partial charge in [0, 0.05) is 38.9 Å². The smallest absolute Gasteiger partial charge is 0.353 e. The van der Waals surface area contributed by atoms with Crippen molar-refractivity contribution in [1.82, 2.24) is 15.2 Å². The summed E-state index contributed by atoms with van der Waals surface area (Å²) in [5, 5.41) is 2.86. The topological polar surface area (TPSA) is 65.5 Å². The van der Waals surface area contributed by atoms with E-state index in [2.05, 4.69) is 24.1 Å². The normalized spacial score (nSPS) is 14.1. The van der Waals surface area contributed by atoms with Crippen LogP contribution in [-0.2, 0) is 6.18 Å². The number of hydrogen-bond donors (Lipinski definition) is 1. The Bertz CT molecular complexity index is 943. The molecule has 0 radical (unpaired) electrons. The van der Waals surface area contributed by atoms with Gasteiger partial charge in [-0.25, -0.2) is 4.98 Å². The Morgan fingerprint density at radius 3 is 2.30 bits per heavy atom. The Hall–Kier alpha value is -2.81. The molecule has 0 bridgehead atoms. The molecule has 1 N–H and O–H groups in total. The highest BCUT2D eigenvalue weighted by atomic mass is 35.5. The second-order valence-electron chi connectivity index (χ2n) is 8.17. The van der Waals surface area contributed by atoms with Crippen molar-refractivity contribution in [2.24, 2.45) is 5.92 Å². The Labute approximate surface area is 197 Å². The lowest BCUT2D eigenvalue weighted by Crippen LogP contribution is -2.49. The van der Waals surface area contributed by atoms with Gasteiger partial charge < -0.3 is 15.1 Å². The van der Waals surface area contributed by atoms with Crippen LogP contribution in [0.4, 0.5) is 19.0 Å². The van der Waals surface area contributed by atoms with Crippen LogP contribution in [0.5, 0.6) is 0 Å². The molecule has 3 rings (SSSR count). The molecule has 0 unspecified atom stereocenters. The molecule has 0 spiro atoms. The SMILES string of the molecule is CC(C)CCNC(=O)c1ccc(N2CCN(C(=O)c3ccccc3C(F)(F)F)CC2)nc1.Cl. The van der Waals surface area contributed by atoms with E-state index in [9.17, 15) is 22.8 Å². The summed E-state index contributed by atoms with van der Waals surface area (Å²) < 4.78 is 39.7. The molecule has 2 heterocycles. The first-order chi connectivity index (χ1) is 15.2. The van der Waals surface area contributed by atoms with Gasteiger partial charge in [-0.1, -0.05) is 26.0 Å². The molecule has 0 aliphatic carbocycles. The van der Waals surface area contributed by atoms with Crippen LogP contribution in [0, 0.1) is 5.92 Å². The number of anilines is 1. The Kier molecular flexibility index (Phi) is 9.10. The van der Waals surface area contributed by atoms with E-state index in [1.807, 2.05) is 4.90 Å². The molecule has 180 valence electrons. The molecule has 10 heteroatoms. The molecule has 1 fully saturated rings. The summed E-state index contributed by atoms with van der Waals surface area (Å²) in [6.07, 6.45) is -2.17. The van der Waals surface area contributed by atoms with Crippen LogP contribution in [0.25, 0.3) is 0 Å². The highest BCUT2D eigenvalue weighted by Crippen LogP contribution is 2.32. The predicted octanol–water partition coefficient (Wildman–Crippen LogP) is 4.26. The molecule has 33 heavy (non-hydrogen) atoms. The molecule has 1 aliphatic heterocycles. The summed E-state index contributed by atoms with van der Waals surface area (Å²) in [7, 11) is 0. The van der Waals surface area contributed by atoms with E-state index in [4.69, 9.17) is 0 Å². The van der Waals surface area contributed by atoms with Crippen molar-refractivity contribution in [3.63, 3.8) is 0 Å². The summed E-state index contributed by atoms with van der Waals surface area (Å²) in [5.41, 5.74) is -0.786. The minimum atomic E-state index is -4.58. The van der Waals surface area contributed by atoms with E-state index < -0.39 is 17.6 Å². The number of benzene rings is 1. The van der Waals surface area contributed by atoms with Gasteiger partial charge in [0.25, 0.3) is 11.8 Å². The number of aromatic nitrogens is 1. The van der Waals surface area contributed by atoms with Crippen LogP contribution < -0.4 is 10.2 Å². The number of pyridine rings is 1. The number of amides is 2. The average molecular weight is 485 g/mol. The van der Waals surface area contributed by atoms with Crippen LogP contribution in [0.2, 0.25) is 0 Å². The van der Waals surface area contributed by atoms with Crippen LogP contribution in [-0.4, -0.2) is 54.4 Å². The highest BCUT2D eigenvalue weighted by molar-refractivity contribution is 5.96. The van der Waals surface area contributed by atoms with Gasteiger partial charge in [0.05, 0.1) is 16.7 Å². The lowest BCUT2D eigenvalue weighted by Gasteiger charge is -2.35. The zero-order chi connectivity index (χ0) is 23.3. The molecule has 2 amide bonds. The standard InChI is InChI=1S/C23H27F3N4O2.ClH/c1-16(2)9-10-27-21(31)17-7-8-20(28-15-17)29-11-13-30(14-12-29)22(32)18-5-3-4-6-19(18)23(24,25)26;/h3-8,15-16H,9-14H2,1-2H3,(H,27,31);1H. The molecular weight excluding hydrogens is 457 g/mol. The lowest BCUT2D eigenvalue weighted by atomic mass is 10.1. The van der Waals surface area contributed by atoms with Crippen molar-refractivity contribution >= 4 is 30.0 Å². The van der Waals surface area contributed by atoms with Gasteiger partial charge in [-0.15, -0.1) is 12.4 Å².